The van der Waals surface area contributed by atoms with Gasteiger partial charge in [-0.3, -0.25) is 9.59 Å². The minimum absolute atomic E-state index is 0.0872. The van der Waals surface area contributed by atoms with E-state index in [1.807, 2.05) is 13.8 Å². The van der Waals surface area contributed by atoms with Crippen molar-refractivity contribution in [2.75, 3.05) is 0 Å². The quantitative estimate of drug-likeness (QED) is 0.736. The number of ketones is 1. The van der Waals surface area contributed by atoms with Crippen LogP contribution in [0.3, 0.4) is 0 Å². The molecule has 0 spiro atoms. The molecule has 0 aliphatic heterocycles. The highest BCUT2D eigenvalue weighted by molar-refractivity contribution is 5.87. The summed E-state index contributed by atoms with van der Waals surface area (Å²) in [5.41, 5.74) is -0.00877. The largest absolute Gasteiger partial charge is 0.463 e. The molecule has 0 heterocycles. The Morgan fingerprint density at radius 2 is 1.89 bits per heavy atom. The maximum atomic E-state index is 12.5. The second-order valence-corrected chi connectivity index (χ2v) is 10.7. The predicted octanol–water partition coefficient (Wildman–Crippen LogP) is 4.14. The summed E-state index contributed by atoms with van der Waals surface area (Å²) in [6.45, 7) is 8.31. The Morgan fingerprint density at radius 1 is 1.15 bits per heavy atom. The number of aliphatic hydroxyl groups is 1. The van der Waals surface area contributed by atoms with E-state index in [-0.39, 0.29) is 28.8 Å². The van der Waals surface area contributed by atoms with Gasteiger partial charge in [-0.15, -0.1) is 0 Å². The summed E-state index contributed by atoms with van der Waals surface area (Å²) in [6.07, 6.45) is 6.95. The van der Waals surface area contributed by atoms with Gasteiger partial charge in [-0.05, 0) is 87.9 Å². The Hall–Kier alpha value is -0.900. The van der Waals surface area contributed by atoms with E-state index in [0.717, 1.165) is 38.5 Å². The first-order valence-corrected chi connectivity index (χ1v) is 11.1. The van der Waals surface area contributed by atoms with Gasteiger partial charge >= 0.3 is 5.97 Å². The molecule has 0 aromatic heterocycles. The van der Waals surface area contributed by atoms with Gasteiger partial charge in [-0.2, -0.15) is 0 Å². The lowest BCUT2D eigenvalue weighted by Crippen LogP contribution is -2.56. The molecule has 27 heavy (non-hydrogen) atoms. The molecule has 1 N–H and O–H groups in total. The van der Waals surface area contributed by atoms with Crippen LogP contribution in [0.25, 0.3) is 0 Å². The molecule has 0 aromatic rings. The van der Waals surface area contributed by atoms with E-state index >= 15 is 0 Å². The smallest absolute Gasteiger partial charge is 0.311 e. The van der Waals surface area contributed by atoms with Crippen LogP contribution in [0.1, 0.15) is 79.1 Å². The van der Waals surface area contributed by atoms with Crippen LogP contribution >= 0.6 is 0 Å². The summed E-state index contributed by atoms with van der Waals surface area (Å²) in [6, 6.07) is 0. The Morgan fingerprint density at radius 3 is 2.59 bits per heavy atom. The standard InChI is InChI=1S/C23H36O4/c1-13(2)27-21(26)16-11-14-5-6-15-17-7-8-20(25)22(17,3)10-9-18(15)23(14,4)12-19(16)24/h13-19,24H,5-12H2,1-4H3/t14-,15-,16-,17-,18-,19-,22-,23-/m0/s1. The second-order valence-electron chi connectivity index (χ2n) is 10.7. The third-order valence-electron chi connectivity index (χ3n) is 9.08. The average molecular weight is 377 g/mol. The van der Waals surface area contributed by atoms with Crippen LogP contribution in [-0.2, 0) is 14.3 Å². The van der Waals surface area contributed by atoms with Crippen molar-refractivity contribution in [1.82, 2.24) is 0 Å². The SMILES string of the molecule is CC(C)OC(=O)[C@H]1C[C@@H]2CC[C@@H]3[C@H](CC[C@]4(C)C(=O)CC[C@@H]34)[C@@]2(C)C[C@@H]1O. The van der Waals surface area contributed by atoms with Gasteiger partial charge in [0.25, 0.3) is 0 Å². The van der Waals surface area contributed by atoms with E-state index in [4.69, 9.17) is 4.74 Å². The second kappa shape index (κ2) is 6.57. The molecular formula is C23H36O4. The molecule has 0 radical (unpaired) electrons. The minimum Gasteiger partial charge on any atom is -0.463 e. The lowest BCUT2D eigenvalue weighted by molar-refractivity contribution is -0.175. The monoisotopic (exact) mass is 376 g/mol. The van der Waals surface area contributed by atoms with E-state index in [2.05, 4.69) is 13.8 Å². The summed E-state index contributed by atoms with van der Waals surface area (Å²) < 4.78 is 5.42. The van der Waals surface area contributed by atoms with Crippen LogP contribution in [0.4, 0.5) is 0 Å². The van der Waals surface area contributed by atoms with Crippen molar-refractivity contribution in [2.45, 2.75) is 91.3 Å². The molecule has 0 aromatic carbocycles. The van der Waals surface area contributed by atoms with E-state index in [1.54, 1.807) is 0 Å². The zero-order valence-corrected chi connectivity index (χ0v) is 17.4. The van der Waals surface area contributed by atoms with Crippen molar-refractivity contribution in [3.8, 4) is 0 Å². The molecule has 0 unspecified atom stereocenters. The molecule has 0 saturated heterocycles. The molecule has 4 aliphatic carbocycles. The lowest BCUT2D eigenvalue weighted by atomic mass is 9.44. The molecule has 4 rings (SSSR count). The molecule has 4 aliphatic rings. The predicted molar refractivity (Wildman–Crippen MR) is 103 cm³/mol. The van der Waals surface area contributed by atoms with Crippen LogP contribution in [-0.4, -0.2) is 29.1 Å². The number of carbonyl (C=O) groups is 2. The van der Waals surface area contributed by atoms with Gasteiger partial charge in [0.1, 0.15) is 5.78 Å². The van der Waals surface area contributed by atoms with Crippen molar-refractivity contribution in [1.29, 1.82) is 0 Å². The van der Waals surface area contributed by atoms with Gasteiger partial charge in [0.2, 0.25) is 0 Å². The highest BCUT2D eigenvalue weighted by Crippen LogP contribution is 2.65. The topological polar surface area (TPSA) is 63.6 Å². The van der Waals surface area contributed by atoms with Gasteiger partial charge in [-0.25, -0.2) is 0 Å². The molecule has 4 saturated carbocycles. The molecule has 4 heteroatoms. The number of hydrogen-bond acceptors (Lipinski definition) is 4. The van der Waals surface area contributed by atoms with E-state index in [0.29, 0.717) is 35.9 Å². The zero-order chi connectivity index (χ0) is 19.6. The van der Waals surface area contributed by atoms with Gasteiger partial charge < -0.3 is 9.84 Å². The molecular weight excluding hydrogens is 340 g/mol. The summed E-state index contributed by atoms with van der Waals surface area (Å²) in [5.74, 6) is 2.09. The van der Waals surface area contributed by atoms with Crippen LogP contribution < -0.4 is 0 Å². The fourth-order valence-electron chi connectivity index (χ4n) is 7.64. The van der Waals surface area contributed by atoms with Crippen molar-refractivity contribution in [3.05, 3.63) is 0 Å². The fourth-order valence-corrected chi connectivity index (χ4v) is 7.64. The molecule has 8 atom stereocenters. The number of carbonyl (C=O) groups excluding carboxylic acids is 2. The number of esters is 1. The van der Waals surface area contributed by atoms with E-state index in [1.165, 1.54) is 6.42 Å². The maximum Gasteiger partial charge on any atom is 0.311 e. The maximum absolute atomic E-state index is 12.5. The number of hydrogen-bond donors (Lipinski definition) is 1. The Kier molecular flexibility index (Phi) is 4.73. The van der Waals surface area contributed by atoms with E-state index < -0.39 is 6.10 Å². The first kappa shape index (κ1) is 19.4. The normalized spacial score (nSPS) is 49.3. The van der Waals surface area contributed by atoms with Gasteiger partial charge in [-0.1, -0.05) is 13.8 Å². The van der Waals surface area contributed by atoms with Crippen LogP contribution in [0.5, 0.6) is 0 Å². The highest BCUT2D eigenvalue weighted by atomic mass is 16.5. The fraction of sp³-hybridized carbons (Fsp3) is 0.913. The first-order valence-electron chi connectivity index (χ1n) is 11.1. The number of fused-ring (bicyclic) bond motifs is 5. The number of Topliss-reactive ketones (excluding diaryl/α,β-unsaturated/α-hetero) is 1. The Bertz CT molecular complexity index is 628. The van der Waals surface area contributed by atoms with Crippen LogP contribution in [0, 0.1) is 40.4 Å². The average Bonchev–Trinajstić information content (AvgIpc) is 2.88. The Balaban J connectivity index is 1.55. The van der Waals surface area contributed by atoms with Crippen molar-refractivity contribution in [2.24, 2.45) is 40.4 Å². The molecule has 4 nitrogen and oxygen atoms in total. The highest BCUT2D eigenvalue weighted by Gasteiger charge is 2.61. The van der Waals surface area contributed by atoms with Gasteiger partial charge in [0.05, 0.1) is 18.1 Å². The summed E-state index contributed by atoms with van der Waals surface area (Å²) >= 11 is 0. The molecule has 4 fully saturated rings. The minimum atomic E-state index is -0.602. The van der Waals surface area contributed by atoms with Crippen molar-refractivity contribution in [3.63, 3.8) is 0 Å². The number of ether oxygens (including phenoxy) is 1. The molecule has 0 amide bonds. The number of aliphatic hydroxyl groups excluding tert-OH is 1. The summed E-state index contributed by atoms with van der Waals surface area (Å²) in [5, 5.41) is 10.9. The zero-order valence-electron chi connectivity index (χ0n) is 17.4. The molecule has 152 valence electrons. The van der Waals surface area contributed by atoms with Crippen LogP contribution in [0.2, 0.25) is 0 Å². The third-order valence-corrected chi connectivity index (χ3v) is 9.08. The third kappa shape index (κ3) is 2.89. The Labute approximate surface area is 163 Å². The number of rotatable bonds is 2. The van der Waals surface area contributed by atoms with Crippen LogP contribution in [0.15, 0.2) is 0 Å². The van der Waals surface area contributed by atoms with Crippen molar-refractivity contribution < 1.29 is 19.4 Å². The lowest BCUT2D eigenvalue weighted by Gasteiger charge is -2.60. The summed E-state index contributed by atoms with van der Waals surface area (Å²) in [7, 11) is 0. The van der Waals surface area contributed by atoms with Gasteiger partial charge in [0.15, 0.2) is 0 Å². The molecule has 0 bridgehead atoms. The first-order chi connectivity index (χ1) is 12.7. The van der Waals surface area contributed by atoms with Crippen molar-refractivity contribution >= 4 is 11.8 Å². The van der Waals surface area contributed by atoms with Gasteiger partial charge in [0, 0.05) is 11.8 Å². The van der Waals surface area contributed by atoms with E-state index in [9.17, 15) is 14.7 Å². The summed E-state index contributed by atoms with van der Waals surface area (Å²) in [4.78, 5) is 25.0.